The van der Waals surface area contributed by atoms with E-state index < -0.39 is 15.7 Å². The van der Waals surface area contributed by atoms with Crippen molar-refractivity contribution in [2.24, 2.45) is 0 Å². The fraction of sp³-hybridized carbons (Fsp3) is 0.458. The Morgan fingerprint density at radius 3 is 2.32 bits per heavy atom. The second-order valence-electron chi connectivity index (χ2n) is 9.24. The molecule has 34 heavy (non-hydrogen) atoms. The third kappa shape index (κ3) is 4.69. The van der Waals surface area contributed by atoms with Crippen LogP contribution in [0.5, 0.6) is 0 Å². The molecule has 2 saturated heterocycles. The van der Waals surface area contributed by atoms with E-state index in [1.54, 1.807) is 11.0 Å². The molecule has 0 radical (unpaired) electrons. The topological polar surface area (TPSA) is 90.9 Å². The SMILES string of the molecule is O=C1CN(Cc2ccc(-c3ccc(F)c(CN4CCS(=O)(=O)CC4)n3)cc2)C(=O)N1C1CCC1. The summed E-state index contributed by atoms with van der Waals surface area (Å²) in [4.78, 5) is 34.3. The number of halogens is 1. The van der Waals surface area contributed by atoms with Crippen molar-refractivity contribution in [1.82, 2.24) is 19.7 Å². The number of carbonyl (C=O) groups excluding carboxylic acids is 2. The molecule has 180 valence electrons. The fourth-order valence-electron chi connectivity index (χ4n) is 4.57. The number of urea groups is 1. The van der Waals surface area contributed by atoms with Gasteiger partial charge in [0.2, 0.25) is 0 Å². The Morgan fingerprint density at radius 2 is 1.68 bits per heavy atom. The zero-order chi connectivity index (χ0) is 23.9. The van der Waals surface area contributed by atoms with E-state index in [9.17, 15) is 22.4 Å². The van der Waals surface area contributed by atoms with Crippen LogP contribution in [0.1, 0.15) is 30.5 Å². The highest BCUT2D eigenvalue weighted by molar-refractivity contribution is 7.91. The van der Waals surface area contributed by atoms with Crippen LogP contribution < -0.4 is 0 Å². The van der Waals surface area contributed by atoms with Crippen LogP contribution in [-0.4, -0.2) is 77.2 Å². The summed E-state index contributed by atoms with van der Waals surface area (Å²) in [5.41, 5.74) is 2.62. The Labute approximate surface area is 198 Å². The van der Waals surface area contributed by atoms with Crippen LogP contribution in [0.4, 0.5) is 9.18 Å². The molecule has 8 nitrogen and oxygen atoms in total. The Hall–Kier alpha value is -2.85. The van der Waals surface area contributed by atoms with Crippen LogP contribution in [0.3, 0.4) is 0 Å². The number of carbonyl (C=O) groups is 2. The van der Waals surface area contributed by atoms with Crippen molar-refractivity contribution in [3.63, 3.8) is 0 Å². The molecule has 0 spiro atoms. The fourth-order valence-corrected chi connectivity index (χ4v) is 5.85. The van der Waals surface area contributed by atoms with Crippen molar-refractivity contribution >= 4 is 21.8 Å². The molecule has 0 atom stereocenters. The molecule has 1 aromatic carbocycles. The molecule has 0 unspecified atom stereocenters. The van der Waals surface area contributed by atoms with Crippen LogP contribution in [0.15, 0.2) is 36.4 Å². The van der Waals surface area contributed by atoms with Gasteiger partial charge in [-0.15, -0.1) is 0 Å². The normalized spacial score (nSPS) is 21.2. The first-order valence-corrected chi connectivity index (χ1v) is 13.4. The maximum absolute atomic E-state index is 14.4. The van der Waals surface area contributed by atoms with Gasteiger partial charge >= 0.3 is 6.03 Å². The van der Waals surface area contributed by atoms with Gasteiger partial charge in [0.1, 0.15) is 12.4 Å². The van der Waals surface area contributed by atoms with Gasteiger partial charge in [-0.25, -0.2) is 22.6 Å². The number of pyridine rings is 1. The van der Waals surface area contributed by atoms with Gasteiger partial charge in [-0.3, -0.25) is 14.6 Å². The Balaban J connectivity index is 1.25. The van der Waals surface area contributed by atoms with Crippen molar-refractivity contribution in [3.8, 4) is 11.3 Å². The van der Waals surface area contributed by atoms with Crippen molar-refractivity contribution in [1.29, 1.82) is 0 Å². The van der Waals surface area contributed by atoms with E-state index >= 15 is 0 Å². The summed E-state index contributed by atoms with van der Waals surface area (Å²) in [6, 6.07) is 10.4. The summed E-state index contributed by atoms with van der Waals surface area (Å²) in [7, 11) is -3.00. The zero-order valence-electron chi connectivity index (χ0n) is 18.8. The van der Waals surface area contributed by atoms with E-state index in [-0.39, 0.29) is 48.3 Å². The lowest BCUT2D eigenvalue weighted by Crippen LogP contribution is -2.44. The first-order chi connectivity index (χ1) is 16.3. The lowest BCUT2D eigenvalue weighted by molar-refractivity contribution is -0.128. The summed E-state index contributed by atoms with van der Waals surface area (Å²) < 4.78 is 37.7. The molecule has 3 amide bonds. The van der Waals surface area contributed by atoms with Crippen LogP contribution in [0.25, 0.3) is 11.3 Å². The van der Waals surface area contributed by atoms with Gasteiger partial charge in [-0.1, -0.05) is 24.3 Å². The highest BCUT2D eigenvalue weighted by Gasteiger charge is 2.42. The maximum atomic E-state index is 14.4. The Bertz CT molecular complexity index is 1200. The molecule has 3 heterocycles. The summed E-state index contributed by atoms with van der Waals surface area (Å²) in [6.45, 7) is 1.47. The summed E-state index contributed by atoms with van der Waals surface area (Å²) >= 11 is 0. The van der Waals surface area contributed by atoms with Gasteiger partial charge in [0.05, 0.1) is 22.9 Å². The number of amides is 3. The number of aromatic nitrogens is 1. The van der Waals surface area contributed by atoms with Crippen molar-refractivity contribution < 1.29 is 22.4 Å². The summed E-state index contributed by atoms with van der Waals surface area (Å²) in [5, 5.41) is 0. The minimum Gasteiger partial charge on any atom is -0.311 e. The molecular weight excluding hydrogens is 459 g/mol. The molecule has 3 aliphatic rings. The lowest BCUT2D eigenvalue weighted by atomic mass is 9.92. The molecule has 2 aromatic rings. The number of imide groups is 1. The minimum atomic E-state index is -3.00. The molecule has 1 aliphatic carbocycles. The summed E-state index contributed by atoms with van der Waals surface area (Å²) in [5.74, 6) is -0.374. The van der Waals surface area contributed by atoms with Gasteiger partial charge in [0.25, 0.3) is 5.91 Å². The monoisotopic (exact) mass is 486 g/mol. The Morgan fingerprint density at radius 1 is 0.971 bits per heavy atom. The number of nitrogens with zero attached hydrogens (tertiary/aromatic N) is 4. The number of sulfone groups is 1. The number of hydrogen-bond donors (Lipinski definition) is 0. The second-order valence-corrected chi connectivity index (χ2v) is 11.5. The van der Waals surface area contributed by atoms with Crippen molar-refractivity contribution in [3.05, 3.63) is 53.5 Å². The quantitative estimate of drug-likeness (QED) is 0.583. The van der Waals surface area contributed by atoms with Crippen LogP contribution in [0.2, 0.25) is 0 Å². The van der Waals surface area contributed by atoms with E-state index in [0.717, 1.165) is 30.4 Å². The standard InChI is InChI=1S/C24H27FN4O4S/c25-20-8-9-21(26-22(20)15-27-10-12-34(32,33)13-11-27)18-6-4-17(5-7-18)14-28-16-23(30)29(24(28)31)19-2-1-3-19/h4-9,19H,1-3,10-16H2. The average Bonchev–Trinajstić information content (AvgIpc) is 3.04. The molecule has 0 N–H and O–H groups in total. The van der Waals surface area contributed by atoms with Crippen LogP contribution in [-0.2, 0) is 27.7 Å². The maximum Gasteiger partial charge on any atom is 0.327 e. The van der Waals surface area contributed by atoms with Crippen molar-refractivity contribution in [2.45, 2.75) is 38.4 Å². The van der Waals surface area contributed by atoms with E-state index in [1.165, 1.54) is 11.0 Å². The molecule has 1 aromatic heterocycles. The van der Waals surface area contributed by atoms with Crippen LogP contribution in [0, 0.1) is 5.82 Å². The van der Waals surface area contributed by atoms with Gasteiger partial charge in [-0.2, -0.15) is 0 Å². The molecule has 2 aliphatic heterocycles. The largest absolute Gasteiger partial charge is 0.327 e. The number of benzene rings is 1. The molecule has 1 saturated carbocycles. The molecule has 3 fully saturated rings. The molecule has 10 heteroatoms. The average molecular weight is 487 g/mol. The zero-order valence-corrected chi connectivity index (χ0v) is 19.6. The summed E-state index contributed by atoms with van der Waals surface area (Å²) in [6.07, 6.45) is 2.84. The van der Waals surface area contributed by atoms with E-state index in [2.05, 4.69) is 4.98 Å². The number of rotatable bonds is 6. The van der Waals surface area contributed by atoms with Crippen LogP contribution >= 0.6 is 0 Å². The predicted molar refractivity (Wildman–Crippen MR) is 124 cm³/mol. The van der Waals surface area contributed by atoms with Gasteiger partial charge in [0, 0.05) is 37.8 Å². The minimum absolute atomic E-state index is 0.0560. The van der Waals surface area contributed by atoms with E-state index in [4.69, 9.17) is 0 Å². The second kappa shape index (κ2) is 9.07. The van der Waals surface area contributed by atoms with E-state index in [1.807, 2.05) is 29.2 Å². The Kier molecular flexibility index (Phi) is 6.11. The third-order valence-corrected chi connectivity index (χ3v) is 8.47. The van der Waals surface area contributed by atoms with Gasteiger partial charge < -0.3 is 4.90 Å². The van der Waals surface area contributed by atoms with Gasteiger partial charge in [0.15, 0.2) is 9.84 Å². The highest BCUT2D eigenvalue weighted by Crippen LogP contribution is 2.29. The first kappa shape index (κ1) is 22.9. The molecular formula is C24H27FN4O4S. The molecule has 0 bridgehead atoms. The number of hydrogen-bond acceptors (Lipinski definition) is 6. The smallest absolute Gasteiger partial charge is 0.311 e. The highest BCUT2D eigenvalue weighted by atomic mass is 32.2. The predicted octanol–water partition coefficient (Wildman–Crippen LogP) is 2.43. The lowest BCUT2D eigenvalue weighted by Gasteiger charge is -2.32. The van der Waals surface area contributed by atoms with E-state index in [0.29, 0.717) is 25.3 Å². The van der Waals surface area contributed by atoms with Gasteiger partial charge in [-0.05, 0) is 37.0 Å². The van der Waals surface area contributed by atoms with Crippen molar-refractivity contribution in [2.75, 3.05) is 31.1 Å². The first-order valence-electron chi connectivity index (χ1n) is 11.6. The third-order valence-electron chi connectivity index (χ3n) is 6.86. The molecule has 5 rings (SSSR count).